The number of rotatable bonds is 33. The van der Waals surface area contributed by atoms with Crippen molar-refractivity contribution < 1.29 is 56.8 Å². The van der Waals surface area contributed by atoms with Crippen LogP contribution in [-0.2, 0) is 0 Å². The van der Waals surface area contributed by atoms with Gasteiger partial charge in [0.1, 0.15) is 69.0 Å². The van der Waals surface area contributed by atoms with Gasteiger partial charge in [0, 0.05) is 135 Å². The van der Waals surface area contributed by atoms with Gasteiger partial charge in [-0.2, -0.15) is 0 Å². The second-order valence-electron chi connectivity index (χ2n) is 35.3. The lowest BCUT2D eigenvalue weighted by molar-refractivity contribution is 0.414. The van der Waals surface area contributed by atoms with E-state index in [0.29, 0.717) is 0 Å². The molecule has 3 heterocycles. The molecule has 22 aromatic rings. The number of nitrogens with zero attached hydrogens (tertiary/aromatic N) is 9. The molecule has 0 atom stereocenters. The minimum Gasteiger partial charge on any atom is -0.497 e. The first kappa shape index (κ1) is 93.0. The zero-order chi connectivity index (χ0) is 100. The summed E-state index contributed by atoms with van der Waals surface area (Å²) < 4.78 is 78.1. The van der Waals surface area contributed by atoms with E-state index >= 15 is 0 Å². The summed E-state index contributed by atoms with van der Waals surface area (Å²) in [6.45, 7) is 0. The molecule has 0 saturated carbocycles. The Morgan fingerprint density at radius 3 is 0.306 bits per heavy atom. The molecule has 147 heavy (non-hydrogen) atoms. The third kappa shape index (κ3) is 17.7. The molecule has 19 aromatic carbocycles. The molecule has 21 nitrogen and oxygen atoms in total. The zero-order valence-electron chi connectivity index (χ0n) is 83.3. The van der Waals surface area contributed by atoms with Crippen molar-refractivity contribution in [3.8, 4) is 86.1 Å². The topological polar surface area (TPSA) is 145 Å². The minimum atomic E-state index is 0.720. The Balaban J connectivity index is 0.917. The highest BCUT2D eigenvalue weighted by Crippen LogP contribution is 2.52. The van der Waals surface area contributed by atoms with Crippen LogP contribution in [0.5, 0.6) is 69.0 Å². The van der Waals surface area contributed by atoms with E-state index in [1.807, 2.05) is 146 Å². The van der Waals surface area contributed by atoms with Gasteiger partial charge in [0.05, 0.1) is 135 Å². The van der Waals surface area contributed by atoms with Gasteiger partial charge in [-0.3, -0.25) is 0 Å². The zero-order valence-corrected chi connectivity index (χ0v) is 83.3. The van der Waals surface area contributed by atoms with E-state index in [9.17, 15) is 0 Å². The maximum absolute atomic E-state index is 5.89. The maximum Gasteiger partial charge on any atom is 0.119 e. The predicted octanol–water partition coefficient (Wildman–Crippen LogP) is 31.9. The van der Waals surface area contributed by atoms with Gasteiger partial charge in [-0.05, 0) is 382 Å². The first-order valence-corrected chi connectivity index (χ1v) is 48.2. The lowest BCUT2D eigenvalue weighted by Gasteiger charge is -2.27. The number of benzene rings is 19. The van der Waals surface area contributed by atoms with Gasteiger partial charge < -0.3 is 99.9 Å². The molecule has 22 rings (SSSR count). The summed E-state index contributed by atoms with van der Waals surface area (Å²) in [4.78, 5) is 13.7. The quantitative estimate of drug-likeness (QED) is 0.0384. The highest BCUT2D eigenvalue weighted by molar-refractivity contribution is 6.15. The molecule has 0 aliphatic carbocycles. The first-order chi connectivity index (χ1) is 72.2. The number of methoxy groups -OCH3 is 12. The van der Waals surface area contributed by atoms with Crippen molar-refractivity contribution in [2.24, 2.45) is 0 Å². The first-order valence-electron chi connectivity index (χ1n) is 48.2. The van der Waals surface area contributed by atoms with E-state index in [4.69, 9.17) is 56.8 Å². The average Bonchev–Trinajstić information content (AvgIpc) is 1.56. The smallest absolute Gasteiger partial charge is 0.119 e. The van der Waals surface area contributed by atoms with Crippen molar-refractivity contribution in [2.45, 2.75) is 0 Å². The van der Waals surface area contributed by atoms with Crippen molar-refractivity contribution >= 4 is 168 Å². The van der Waals surface area contributed by atoms with Crippen LogP contribution in [0.15, 0.2) is 419 Å². The summed E-state index contributed by atoms with van der Waals surface area (Å²) in [6.07, 6.45) is 0. The van der Waals surface area contributed by atoms with Crippen LogP contribution < -0.4 is 86.2 Å². The molecule has 0 spiro atoms. The van der Waals surface area contributed by atoms with Crippen molar-refractivity contribution in [1.82, 2.24) is 13.7 Å². The third-order valence-corrected chi connectivity index (χ3v) is 27.4. The molecule has 0 N–H and O–H groups in total. The largest absolute Gasteiger partial charge is 0.497 e. The lowest BCUT2D eigenvalue weighted by Crippen LogP contribution is -2.11. The maximum atomic E-state index is 5.89. The number of anilines is 18. The summed E-state index contributed by atoms with van der Waals surface area (Å²) in [5.41, 5.74) is 23.7. The van der Waals surface area contributed by atoms with Gasteiger partial charge in [-0.1, -0.05) is 36.4 Å². The summed E-state index contributed by atoms with van der Waals surface area (Å²) in [5, 5.41) is 5.91. The molecule has 21 heteroatoms. The van der Waals surface area contributed by atoms with Gasteiger partial charge >= 0.3 is 0 Å². The number of hydrogen-bond acceptors (Lipinski definition) is 18. The Morgan fingerprint density at radius 2 is 0.211 bits per heavy atom. The van der Waals surface area contributed by atoms with Crippen molar-refractivity contribution in [3.05, 3.63) is 419 Å². The number of aromatic nitrogens is 3. The van der Waals surface area contributed by atoms with E-state index in [-0.39, 0.29) is 0 Å². The van der Waals surface area contributed by atoms with E-state index in [2.05, 4.69) is 316 Å². The second kappa shape index (κ2) is 40.2. The number of fused-ring (bicyclic) bond motifs is 9. The molecule has 0 unspecified atom stereocenters. The summed E-state index contributed by atoms with van der Waals surface area (Å²) in [6, 6.07) is 147. The van der Waals surface area contributed by atoms with Crippen LogP contribution in [-0.4, -0.2) is 99.0 Å². The summed E-state index contributed by atoms with van der Waals surface area (Å²) in [7, 11) is 20.3. The van der Waals surface area contributed by atoms with Crippen LogP contribution in [0.1, 0.15) is 0 Å². The van der Waals surface area contributed by atoms with Gasteiger partial charge in [-0.15, -0.1) is 0 Å². The molecular formula is C126H105N9O12. The highest BCUT2D eigenvalue weighted by Gasteiger charge is 2.30. The van der Waals surface area contributed by atoms with Gasteiger partial charge in [0.2, 0.25) is 0 Å². The van der Waals surface area contributed by atoms with Gasteiger partial charge in [-0.25, -0.2) is 0 Å². The SMILES string of the molecule is COc1ccc(N(c2ccc(OC)cc2)c2ccc3c4ccc(N(c5ccc(OC)cc5)c5ccc(OC)cc5)cc4n(-c4cc(-n5c6cc(N(c7ccc(OC)cc7)c7ccc(OC)cc7)ccc6c6ccc(N(c7ccc(OC)cc7)c7ccc(OC)cc7)cc65)cc(-n5c6cc(N(c7ccc(OC)cc7)c7ccc(OC)cc7)ccc6c6ccc(N(c7ccc(OC)cc7)c7ccc(OC)cc7)cc65)c4)c3c2)cc1. The van der Waals surface area contributed by atoms with E-state index < -0.39 is 0 Å². The molecule has 3 aromatic heterocycles. The fourth-order valence-electron chi connectivity index (χ4n) is 20.1. The van der Waals surface area contributed by atoms with Crippen molar-refractivity contribution in [3.63, 3.8) is 0 Å². The summed E-state index contributed by atoms with van der Waals surface area (Å²) in [5.74, 6) is 8.64. The predicted molar refractivity (Wildman–Crippen MR) is 596 cm³/mol. The van der Waals surface area contributed by atoms with Crippen LogP contribution in [0.4, 0.5) is 102 Å². The average molecular weight is 1940 g/mol. The van der Waals surface area contributed by atoms with E-state index in [0.717, 1.165) is 254 Å². The van der Waals surface area contributed by atoms with Gasteiger partial charge in [0.15, 0.2) is 0 Å². The number of hydrogen-bond donors (Lipinski definition) is 0. The summed E-state index contributed by atoms with van der Waals surface area (Å²) >= 11 is 0. The highest BCUT2D eigenvalue weighted by atomic mass is 16.5. The van der Waals surface area contributed by atoms with Crippen LogP contribution in [0.3, 0.4) is 0 Å². The molecule has 726 valence electrons. The normalized spacial score (nSPS) is 11.3. The van der Waals surface area contributed by atoms with Crippen LogP contribution >= 0.6 is 0 Å². The van der Waals surface area contributed by atoms with Crippen LogP contribution in [0.2, 0.25) is 0 Å². The number of ether oxygens (including phenoxy) is 12. The fraction of sp³-hybridized carbons (Fsp3) is 0.0952. The standard InChI is InChI=1S/C126H105N9O12/c1-136-103-43-13-82(14-44-103)127(83-15-45-104(137-2)46-16-83)94-37-67-115-116-68-38-95(128(84-17-47-105(138-3)48-18-84)85-19-49-106(139-4)50-20-85)77-122(116)133(121(115)76-94)100-73-101(134-123-78-96(129(86-21-51-107(140-5)52-22-86)87-23-53-108(141-6)54-24-87)39-69-117(123)118-70-40-97(79-124(118)134)130(88-25-55-109(142-7)56-26-88)89-27-57-110(143-8)58-28-89)75-102(74-100)135-125-80-98(131(90-29-59-111(144-9)60-30-90)91-31-61-112(145-10)62-32-91)41-71-119(125)120-72-42-99(81-126(120)135)132(92-33-63-113(146-11)64-34-92)93-35-65-114(147-12)66-36-93/h13-81H,1-12H3. The second-order valence-corrected chi connectivity index (χ2v) is 35.3. The van der Waals surface area contributed by atoms with Gasteiger partial charge in [0.25, 0.3) is 0 Å². The van der Waals surface area contributed by atoms with Crippen molar-refractivity contribution in [1.29, 1.82) is 0 Å². The molecular weight excluding hydrogens is 1830 g/mol. The minimum absolute atomic E-state index is 0.720. The Morgan fingerprint density at radius 1 is 0.116 bits per heavy atom. The lowest BCUT2D eigenvalue weighted by atomic mass is 10.1. The molecule has 0 aliphatic rings. The van der Waals surface area contributed by atoms with Crippen LogP contribution in [0, 0.1) is 0 Å². The molecule has 0 fully saturated rings. The molecule has 0 amide bonds. The van der Waals surface area contributed by atoms with E-state index in [1.165, 1.54) is 0 Å². The monoisotopic (exact) mass is 1940 g/mol. The van der Waals surface area contributed by atoms with Crippen LogP contribution in [0.25, 0.3) is 82.5 Å². The molecule has 0 bridgehead atoms. The van der Waals surface area contributed by atoms with Crippen molar-refractivity contribution in [2.75, 3.05) is 115 Å². The molecule has 0 radical (unpaired) electrons. The third-order valence-electron chi connectivity index (χ3n) is 27.4. The van der Waals surface area contributed by atoms with E-state index in [1.54, 1.807) is 85.3 Å². The Labute approximate surface area is 852 Å². The Kier molecular flexibility index (Phi) is 25.4. The fourth-order valence-corrected chi connectivity index (χ4v) is 20.1. The Hall–Kier alpha value is -19.0. The molecule has 0 aliphatic heterocycles. The Bertz CT molecular complexity index is 6970. The molecule has 0 saturated heterocycles.